The quantitative estimate of drug-likeness (QED) is 0.719. The summed E-state index contributed by atoms with van der Waals surface area (Å²) in [5.41, 5.74) is 3.94. The van der Waals surface area contributed by atoms with Gasteiger partial charge in [0.15, 0.2) is 0 Å². The van der Waals surface area contributed by atoms with E-state index in [4.69, 9.17) is 4.74 Å². The maximum Gasteiger partial charge on any atom is 0.0715 e. The van der Waals surface area contributed by atoms with Crippen molar-refractivity contribution in [1.82, 2.24) is 0 Å². The van der Waals surface area contributed by atoms with Crippen molar-refractivity contribution in [2.24, 2.45) is 0 Å². The van der Waals surface area contributed by atoms with Gasteiger partial charge in [0.1, 0.15) is 0 Å². The van der Waals surface area contributed by atoms with Gasteiger partial charge < -0.3 is 4.74 Å². The van der Waals surface area contributed by atoms with Crippen molar-refractivity contribution in [3.63, 3.8) is 0 Å². The fourth-order valence-electron chi connectivity index (χ4n) is 2.08. The maximum atomic E-state index is 5.21. The fourth-order valence-corrected chi connectivity index (χ4v) is 2.08. The highest BCUT2D eigenvalue weighted by Crippen LogP contribution is 2.25. The number of fused-ring (bicyclic) bond motifs is 1. The zero-order valence-corrected chi connectivity index (χ0v) is 9.50. The summed E-state index contributed by atoms with van der Waals surface area (Å²) in [5.74, 6) is 0. The van der Waals surface area contributed by atoms with Gasteiger partial charge in [-0.25, -0.2) is 0 Å². The van der Waals surface area contributed by atoms with E-state index in [1.165, 1.54) is 27.5 Å². The molecule has 0 aromatic heterocycles. The average molecular weight is 200 g/mol. The van der Waals surface area contributed by atoms with E-state index in [0.29, 0.717) is 6.61 Å². The molecule has 1 heteroatoms. The Balaban J connectivity index is 2.72. The van der Waals surface area contributed by atoms with Crippen LogP contribution in [0.5, 0.6) is 0 Å². The fraction of sp³-hybridized carbons (Fsp3) is 0.286. The van der Waals surface area contributed by atoms with Crippen molar-refractivity contribution < 1.29 is 4.74 Å². The molecule has 0 spiro atoms. The molecule has 0 heterocycles. The number of aryl methyl sites for hydroxylation is 2. The molecule has 0 amide bonds. The lowest BCUT2D eigenvalue weighted by Crippen LogP contribution is -1.94. The standard InChI is InChI=1S/C14H16O/c1-10-8-12(9-15-3)11(2)14-7-5-4-6-13(10)14/h4-8H,9H2,1-3H3. The number of rotatable bonds is 2. The molecular weight excluding hydrogens is 184 g/mol. The van der Waals surface area contributed by atoms with Crippen LogP contribution in [0.1, 0.15) is 16.7 Å². The second-order valence-corrected chi connectivity index (χ2v) is 3.96. The van der Waals surface area contributed by atoms with Crippen LogP contribution >= 0.6 is 0 Å². The first-order valence-corrected chi connectivity index (χ1v) is 5.21. The third-order valence-electron chi connectivity index (χ3n) is 2.93. The topological polar surface area (TPSA) is 9.23 Å². The van der Waals surface area contributed by atoms with E-state index in [2.05, 4.69) is 44.2 Å². The molecular formula is C14H16O. The monoisotopic (exact) mass is 200 g/mol. The van der Waals surface area contributed by atoms with Crippen molar-refractivity contribution in [1.29, 1.82) is 0 Å². The summed E-state index contributed by atoms with van der Waals surface area (Å²) in [6.07, 6.45) is 0. The number of hydrogen-bond acceptors (Lipinski definition) is 1. The zero-order chi connectivity index (χ0) is 10.8. The van der Waals surface area contributed by atoms with Crippen LogP contribution in [0, 0.1) is 13.8 Å². The van der Waals surface area contributed by atoms with E-state index in [1.807, 2.05) is 0 Å². The van der Waals surface area contributed by atoms with Gasteiger partial charge in [-0.05, 0) is 41.3 Å². The molecule has 2 rings (SSSR count). The molecule has 1 nitrogen and oxygen atoms in total. The molecule has 2 aromatic carbocycles. The zero-order valence-electron chi connectivity index (χ0n) is 9.50. The third-order valence-corrected chi connectivity index (χ3v) is 2.93. The Hall–Kier alpha value is -1.34. The average Bonchev–Trinajstić information content (AvgIpc) is 2.26. The second-order valence-electron chi connectivity index (χ2n) is 3.96. The Morgan fingerprint density at radius 3 is 2.40 bits per heavy atom. The molecule has 0 aliphatic rings. The second kappa shape index (κ2) is 4.03. The van der Waals surface area contributed by atoms with E-state index in [-0.39, 0.29) is 0 Å². The van der Waals surface area contributed by atoms with Crippen LogP contribution in [-0.2, 0) is 11.3 Å². The summed E-state index contributed by atoms with van der Waals surface area (Å²) in [6.45, 7) is 5.01. The van der Waals surface area contributed by atoms with Gasteiger partial charge in [0.2, 0.25) is 0 Å². The summed E-state index contributed by atoms with van der Waals surface area (Å²) in [4.78, 5) is 0. The number of hydrogen-bond donors (Lipinski definition) is 0. The van der Waals surface area contributed by atoms with Gasteiger partial charge >= 0.3 is 0 Å². The van der Waals surface area contributed by atoms with Gasteiger partial charge in [0, 0.05) is 7.11 Å². The van der Waals surface area contributed by atoms with Gasteiger partial charge in [-0.15, -0.1) is 0 Å². The van der Waals surface area contributed by atoms with Gasteiger partial charge in [-0.1, -0.05) is 30.3 Å². The summed E-state index contributed by atoms with van der Waals surface area (Å²) in [6, 6.07) is 10.8. The van der Waals surface area contributed by atoms with Crippen LogP contribution in [0.15, 0.2) is 30.3 Å². The summed E-state index contributed by atoms with van der Waals surface area (Å²) >= 11 is 0. The molecule has 0 bridgehead atoms. The van der Waals surface area contributed by atoms with Crippen LogP contribution in [0.2, 0.25) is 0 Å². The largest absolute Gasteiger partial charge is 0.380 e. The Morgan fingerprint density at radius 1 is 1.07 bits per heavy atom. The SMILES string of the molecule is COCc1cc(C)c2ccccc2c1C. The first-order chi connectivity index (χ1) is 7.24. The molecule has 0 fully saturated rings. The van der Waals surface area contributed by atoms with E-state index >= 15 is 0 Å². The summed E-state index contributed by atoms with van der Waals surface area (Å²) < 4.78 is 5.21. The highest BCUT2D eigenvalue weighted by atomic mass is 16.5. The smallest absolute Gasteiger partial charge is 0.0715 e. The normalized spacial score (nSPS) is 10.9. The minimum absolute atomic E-state index is 0.692. The molecule has 0 radical (unpaired) electrons. The molecule has 0 N–H and O–H groups in total. The van der Waals surface area contributed by atoms with Crippen molar-refractivity contribution >= 4 is 10.8 Å². The molecule has 0 atom stereocenters. The predicted molar refractivity (Wildman–Crippen MR) is 64.1 cm³/mol. The highest BCUT2D eigenvalue weighted by Gasteiger charge is 2.05. The molecule has 2 aromatic rings. The molecule has 0 aliphatic carbocycles. The lowest BCUT2D eigenvalue weighted by molar-refractivity contribution is 0.184. The first kappa shape index (κ1) is 10.2. The maximum absolute atomic E-state index is 5.21. The molecule has 0 saturated heterocycles. The van der Waals surface area contributed by atoms with Crippen molar-refractivity contribution in [3.8, 4) is 0 Å². The third kappa shape index (κ3) is 1.75. The summed E-state index contributed by atoms with van der Waals surface area (Å²) in [5, 5.41) is 2.68. The van der Waals surface area contributed by atoms with Gasteiger partial charge in [0.05, 0.1) is 6.61 Å². The van der Waals surface area contributed by atoms with Crippen LogP contribution in [0.4, 0.5) is 0 Å². The predicted octanol–water partition coefficient (Wildman–Crippen LogP) is 3.60. The minimum atomic E-state index is 0.692. The Bertz CT molecular complexity index is 486. The van der Waals surface area contributed by atoms with E-state index < -0.39 is 0 Å². The van der Waals surface area contributed by atoms with Crippen molar-refractivity contribution in [3.05, 3.63) is 47.0 Å². The Kier molecular flexibility index (Phi) is 2.74. The van der Waals surface area contributed by atoms with Crippen LogP contribution in [0.25, 0.3) is 10.8 Å². The van der Waals surface area contributed by atoms with Crippen molar-refractivity contribution in [2.45, 2.75) is 20.5 Å². The van der Waals surface area contributed by atoms with Gasteiger partial charge in [-0.2, -0.15) is 0 Å². The lowest BCUT2D eigenvalue weighted by Gasteiger charge is -2.11. The molecule has 0 unspecified atom stereocenters. The number of ether oxygens (including phenoxy) is 1. The van der Waals surface area contributed by atoms with Gasteiger partial charge in [-0.3, -0.25) is 0 Å². The van der Waals surface area contributed by atoms with Crippen LogP contribution in [-0.4, -0.2) is 7.11 Å². The minimum Gasteiger partial charge on any atom is -0.380 e. The molecule has 15 heavy (non-hydrogen) atoms. The van der Waals surface area contributed by atoms with Crippen LogP contribution in [0.3, 0.4) is 0 Å². The Labute approximate surface area is 90.7 Å². The molecule has 78 valence electrons. The molecule has 0 aliphatic heterocycles. The van der Waals surface area contributed by atoms with E-state index in [9.17, 15) is 0 Å². The van der Waals surface area contributed by atoms with Crippen molar-refractivity contribution in [2.75, 3.05) is 7.11 Å². The van der Waals surface area contributed by atoms with Crippen LogP contribution < -0.4 is 0 Å². The number of methoxy groups -OCH3 is 1. The van der Waals surface area contributed by atoms with E-state index in [1.54, 1.807) is 7.11 Å². The molecule has 0 saturated carbocycles. The highest BCUT2D eigenvalue weighted by molar-refractivity contribution is 5.89. The number of benzene rings is 2. The first-order valence-electron chi connectivity index (χ1n) is 5.21. The lowest BCUT2D eigenvalue weighted by atomic mass is 9.96. The van der Waals surface area contributed by atoms with E-state index in [0.717, 1.165) is 0 Å². The Morgan fingerprint density at radius 2 is 1.73 bits per heavy atom. The van der Waals surface area contributed by atoms with Gasteiger partial charge in [0.25, 0.3) is 0 Å². The summed E-state index contributed by atoms with van der Waals surface area (Å²) in [7, 11) is 1.74.